The van der Waals surface area contributed by atoms with Crippen LogP contribution in [0.2, 0.25) is 0 Å². The molecule has 3 atom stereocenters. The highest BCUT2D eigenvalue weighted by Crippen LogP contribution is 2.56. The first-order valence-electron chi connectivity index (χ1n) is 12.7. The third-order valence-electron chi connectivity index (χ3n) is 8.26. The lowest BCUT2D eigenvalue weighted by atomic mass is 9.83. The fourth-order valence-electron chi connectivity index (χ4n) is 6.22. The molecule has 5 nitrogen and oxygen atoms in total. The number of para-hydroxylation sites is 2. The van der Waals surface area contributed by atoms with Crippen molar-refractivity contribution in [1.29, 1.82) is 0 Å². The Hall–Kier alpha value is -2.66. The second-order valence-electron chi connectivity index (χ2n) is 10.4. The largest absolute Gasteiger partial charge is 0.349 e. The minimum absolute atomic E-state index is 0.103. The number of imidazole rings is 1. The van der Waals surface area contributed by atoms with Crippen LogP contribution in [0.3, 0.4) is 0 Å². The van der Waals surface area contributed by atoms with Gasteiger partial charge in [-0.25, -0.2) is 4.98 Å². The zero-order valence-corrected chi connectivity index (χ0v) is 19.5. The van der Waals surface area contributed by atoms with Crippen LogP contribution in [0.4, 0.5) is 0 Å². The van der Waals surface area contributed by atoms with Gasteiger partial charge < -0.3 is 14.8 Å². The molecule has 6 rings (SSSR count). The fraction of sp³-hybridized carbons (Fsp3) is 0.500. The van der Waals surface area contributed by atoms with E-state index in [2.05, 4.69) is 70.2 Å². The first kappa shape index (κ1) is 20.9. The van der Waals surface area contributed by atoms with Crippen molar-refractivity contribution in [1.82, 2.24) is 19.8 Å². The van der Waals surface area contributed by atoms with Crippen LogP contribution >= 0.6 is 0 Å². The number of rotatable bonds is 8. The molecule has 3 aromatic rings. The van der Waals surface area contributed by atoms with Gasteiger partial charge in [-0.1, -0.05) is 48.9 Å². The first-order valence-corrected chi connectivity index (χ1v) is 12.7. The van der Waals surface area contributed by atoms with Gasteiger partial charge in [-0.2, -0.15) is 0 Å². The second-order valence-corrected chi connectivity index (χ2v) is 10.4. The number of hydrogen-bond donors (Lipinski definition) is 1. The molecule has 2 aliphatic carbocycles. The minimum atomic E-state index is 0.103. The summed E-state index contributed by atoms with van der Waals surface area (Å²) in [5.41, 5.74) is 3.61. The number of nitrogens with zero attached hydrogens (tertiary/aromatic N) is 3. The molecule has 2 saturated carbocycles. The number of aromatic nitrogens is 2. The lowest BCUT2D eigenvalue weighted by Crippen LogP contribution is -2.34. The van der Waals surface area contributed by atoms with Crippen molar-refractivity contribution in [3.05, 3.63) is 66.0 Å². The smallest absolute Gasteiger partial charge is 0.220 e. The molecule has 2 heterocycles. The van der Waals surface area contributed by atoms with E-state index in [0.717, 1.165) is 49.2 Å². The van der Waals surface area contributed by atoms with Crippen molar-refractivity contribution in [2.24, 2.45) is 17.8 Å². The van der Waals surface area contributed by atoms with Crippen LogP contribution < -0.4 is 5.32 Å². The summed E-state index contributed by atoms with van der Waals surface area (Å²) in [4.78, 5) is 20.1. The number of aryl methyl sites for hydroxylation is 1. The Morgan fingerprint density at radius 3 is 2.52 bits per heavy atom. The van der Waals surface area contributed by atoms with Crippen molar-refractivity contribution in [2.45, 2.75) is 51.1 Å². The van der Waals surface area contributed by atoms with E-state index in [1.165, 1.54) is 30.3 Å². The van der Waals surface area contributed by atoms with Gasteiger partial charge in [0.05, 0.1) is 17.1 Å². The van der Waals surface area contributed by atoms with Crippen molar-refractivity contribution in [3.63, 3.8) is 0 Å². The van der Waals surface area contributed by atoms with Gasteiger partial charge in [0.15, 0.2) is 0 Å². The Kier molecular flexibility index (Phi) is 5.45. The van der Waals surface area contributed by atoms with Crippen LogP contribution in [0.15, 0.2) is 54.6 Å². The molecule has 1 aromatic heterocycles. The van der Waals surface area contributed by atoms with Gasteiger partial charge in [0.1, 0.15) is 5.82 Å². The monoisotopic (exact) mass is 442 g/mol. The number of carbonyl (C=O) groups excluding carboxylic acids is 1. The van der Waals surface area contributed by atoms with Crippen LogP contribution in [0, 0.1) is 24.7 Å². The Morgan fingerprint density at radius 1 is 1.06 bits per heavy atom. The summed E-state index contributed by atoms with van der Waals surface area (Å²) in [5.74, 6) is 3.42. The molecule has 1 saturated heterocycles. The molecule has 1 N–H and O–H groups in total. The Bertz CT molecular complexity index is 1120. The van der Waals surface area contributed by atoms with Gasteiger partial charge in [0.25, 0.3) is 0 Å². The highest BCUT2D eigenvalue weighted by atomic mass is 16.1. The number of likely N-dealkylation sites (tertiary alicyclic amines) is 1. The van der Waals surface area contributed by atoms with Gasteiger partial charge >= 0.3 is 0 Å². The van der Waals surface area contributed by atoms with Crippen LogP contribution in [-0.4, -0.2) is 40.0 Å². The van der Waals surface area contributed by atoms with Gasteiger partial charge in [0.2, 0.25) is 5.91 Å². The summed E-state index contributed by atoms with van der Waals surface area (Å²) in [6.45, 7) is 5.48. The predicted molar refractivity (Wildman–Crippen MR) is 131 cm³/mol. The number of hydrogen-bond acceptors (Lipinski definition) is 3. The van der Waals surface area contributed by atoms with Gasteiger partial charge in [-0.15, -0.1) is 0 Å². The van der Waals surface area contributed by atoms with Crippen molar-refractivity contribution < 1.29 is 4.79 Å². The van der Waals surface area contributed by atoms with E-state index < -0.39 is 0 Å². The fourth-order valence-corrected chi connectivity index (χ4v) is 6.22. The normalized spacial score (nSPS) is 25.5. The van der Waals surface area contributed by atoms with Gasteiger partial charge in [-0.05, 0) is 61.6 Å². The third-order valence-corrected chi connectivity index (χ3v) is 8.26. The van der Waals surface area contributed by atoms with E-state index in [9.17, 15) is 4.79 Å². The lowest BCUT2D eigenvalue weighted by molar-refractivity contribution is -0.123. The summed E-state index contributed by atoms with van der Waals surface area (Å²) in [6, 6.07) is 19.7. The molecule has 5 heteroatoms. The van der Waals surface area contributed by atoms with Crippen molar-refractivity contribution in [2.75, 3.05) is 19.6 Å². The van der Waals surface area contributed by atoms with Crippen LogP contribution in [-0.2, 0) is 4.79 Å². The standard InChI is InChI=1S/C28H34N4O/c1-19-29-25-12-5-6-13-26(25)32(19)28-22-17-31(18-23(22)28)15-14-24(21-10-3-2-4-11-21)30-27(33)16-20-8-7-9-20/h2-6,10-13,20,22-24,28H,7-9,14-18H2,1H3,(H,30,33)/t22?,23?,24-,28?/m0/s1. The summed E-state index contributed by atoms with van der Waals surface area (Å²) in [5, 5.41) is 3.36. The molecular weight excluding hydrogens is 408 g/mol. The van der Waals surface area contributed by atoms with Crippen LogP contribution in [0.5, 0.6) is 0 Å². The minimum Gasteiger partial charge on any atom is -0.349 e. The number of piperidine rings is 1. The van der Waals surface area contributed by atoms with E-state index in [-0.39, 0.29) is 11.9 Å². The van der Waals surface area contributed by atoms with Crippen molar-refractivity contribution >= 4 is 16.9 Å². The SMILES string of the molecule is Cc1nc2ccccc2n1C1C2CN(CC[C@H](NC(=O)CC3CCC3)c3ccccc3)CC21. The molecule has 3 aliphatic rings. The van der Waals surface area contributed by atoms with E-state index in [1.54, 1.807) is 0 Å². The second kappa shape index (κ2) is 8.60. The highest BCUT2D eigenvalue weighted by molar-refractivity contribution is 5.77. The molecule has 0 bridgehead atoms. The number of carbonyl (C=O) groups is 1. The number of benzene rings is 2. The average molecular weight is 443 g/mol. The predicted octanol–water partition coefficient (Wildman–Crippen LogP) is 4.89. The van der Waals surface area contributed by atoms with E-state index in [4.69, 9.17) is 4.98 Å². The average Bonchev–Trinajstić information content (AvgIpc) is 3.13. The Labute approximate surface area is 196 Å². The summed E-state index contributed by atoms with van der Waals surface area (Å²) < 4.78 is 2.48. The lowest BCUT2D eigenvalue weighted by Gasteiger charge is -2.27. The molecule has 0 radical (unpaired) electrons. The maximum Gasteiger partial charge on any atom is 0.220 e. The third kappa shape index (κ3) is 4.08. The molecule has 172 valence electrons. The molecule has 2 aromatic carbocycles. The maximum atomic E-state index is 12.7. The number of nitrogens with one attached hydrogen (secondary N) is 1. The van der Waals surface area contributed by atoms with Crippen LogP contribution in [0.1, 0.15) is 55.6 Å². The first-order chi connectivity index (χ1) is 16.2. The molecular formula is C28H34N4O. The molecule has 1 aliphatic heterocycles. The zero-order valence-electron chi connectivity index (χ0n) is 19.5. The maximum absolute atomic E-state index is 12.7. The molecule has 33 heavy (non-hydrogen) atoms. The topological polar surface area (TPSA) is 50.2 Å². The highest BCUT2D eigenvalue weighted by Gasteiger charge is 2.57. The van der Waals surface area contributed by atoms with E-state index >= 15 is 0 Å². The quantitative estimate of drug-likeness (QED) is 0.541. The van der Waals surface area contributed by atoms with Crippen LogP contribution in [0.25, 0.3) is 11.0 Å². The number of amides is 1. The summed E-state index contributed by atoms with van der Waals surface area (Å²) >= 11 is 0. The molecule has 1 amide bonds. The Balaban J connectivity index is 1.07. The van der Waals surface area contributed by atoms with Gasteiger partial charge in [-0.3, -0.25) is 4.79 Å². The Morgan fingerprint density at radius 2 is 1.79 bits per heavy atom. The molecule has 2 unspecified atom stereocenters. The van der Waals surface area contributed by atoms with Gasteiger partial charge in [0, 0.05) is 32.1 Å². The molecule has 3 fully saturated rings. The zero-order chi connectivity index (χ0) is 22.4. The molecule has 0 spiro atoms. The van der Waals surface area contributed by atoms with Crippen molar-refractivity contribution in [3.8, 4) is 0 Å². The van der Waals surface area contributed by atoms with E-state index in [0.29, 0.717) is 18.4 Å². The summed E-state index contributed by atoms with van der Waals surface area (Å²) in [6.07, 6.45) is 5.38. The number of fused-ring (bicyclic) bond motifs is 2. The van der Waals surface area contributed by atoms with E-state index in [1.807, 2.05) is 6.07 Å². The summed E-state index contributed by atoms with van der Waals surface area (Å²) in [7, 11) is 0.